The maximum atomic E-state index is 12.5. The molecule has 7 nitrogen and oxygen atoms in total. The number of piperidine rings is 1. The lowest BCUT2D eigenvalue weighted by Crippen LogP contribution is -2.49. The fraction of sp³-hybridized carbons (Fsp3) is 0.421. The summed E-state index contributed by atoms with van der Waals surface area (Å²) >= 11 is 0. The number of aromatic nitrogens is 1. The Morgan fingerprint density at radius 3 is 2.73 bits per heavy atom. The molecule has 2 aromatic rings. The normalized spacial score (nSPS) is 20.2. The minimum Gasteiger partial charge on any atom is -0.481 e. The van der Waals surface area contributed by atoms with E-state index >= 15 is 0 Å². The van der Waals surface area contributed by atoms with Crippen LogP contribution in [0.1, 0.15) is 18.9 Å². The number of nitrogens with zero attached hydrogens (tertiary/aromatic N) is 2. The molecule has 138 valence electrons. The number of urea groups is 1. The number of nitrogens with one attached hydrogen (secondary N) is 1. The first-order chi connectivity index (χ1) is 12.4. The van der Waals surface area contributed by atoms with Gasteiger partial charge in [-0.1, -0.05) is 25.1 Å². The highest BCUT2D eigenvalue weighted by Crippen LogP contribution is 2.21. The van der Waals surface area contributed by atoms with Crippen LogP contribution in [0.4, 0.5) is 4.79 Å². The van der Waals surface area contributed by atoms with Gasteiger partial charge in [0.05, 0.1) is 11.4 Å². The van der Waals surface area contributed by atoms with Crippen LogP contribution in [-0.2, 0) is 18.4 Å². The van der Waals surface area contributed by atoms with Crippen LogP contribution in [0.5, 0.6) is 0 Å². The monoisotopic (exact) mass is 357 g/mol. The molecule has 0 spiro atoms. The van der Waals surface area contributed by atoms with Gasteiger partial charge in [-0.3, -0.25) is 9.59 Å². The Balaban J connectivity index is 1.73. The molecule has 0 saturated carbocycles. The fourth-order valence-corrected chi connectivity index (χ4v) is 3.59. The molecule has 1 fully saturated rings. The third-order valence-electron chi connectivity index (χ3n) is 4.93. The molecular formula is C19H23N3O4. The molecule has 2 unspecified atom stereocenters. The van der Waals surface area contributed by atoms with Gasteiger partial charge in [-0.15, -0.1) is 0 Å². The summed E-state index contributed by atoms with van der Waals surface area (Å²) in [6.07, 6.45) is 0.574. The molecule has 1 saturated heterocycles. The summed E-state index contributed by atoms with van der Waals surface area (Å²) in [4.78, 5) is 37.7. The van der Waals surface area contributed by atoms with Crippen LogP contribution in [0.3, 0.4) is 0 Å². The number of hydrogen-bond acceptors (Lipinski definition) is 3. The first-order valence-electron chi connectivity index (χ1n) is 8.70. The highest BCUT2D eigenvalue weighted by Gasteiger charge is 2.31. The van der Waals surface area contributed by atoms with E-state index in [1.54, 1.807) is 17.7 Å². The first-order valence-corrected chi connectivity index (χ1v) is 8.70. The average molecular weight is 357 g/mol. The van der Waals surface area contributed by atoms with Crippen molar-refractivity contribution in [1.82, 2.24) is 14.8 Å². The third kappa shape index (κ3) is 3.56. The zero-order chi connectivity index (χ0) is 18.8. The number of carbonyl (C=O) groups is 2. The molecule has 26 heavy (non-hydrogen) atoms. The second kappa shape index (κ2) is 7.19. The van der Waals surface area contributed by atoms with Crippen LogP contribution in [0.2, 0.25) is 0 Å². The number of hydrogen-bond donors (Lipinski definition) is 2. The summed E-state index contributed by atoms with van der Waals surface area (Å²) in [7, 11) is 1.71. The van der Waals surface area contributed by atoms with Gasteiger partial charge < -0.3 is 19.9 Å². The zero-order valence-corrected chi connectivity index (χ0v) is 14.9. The van der Waals surface area contributed by atoms with Gasteiger partial charge in [0.15, 0.2) is 0 Å². The van der Waals surface area contributed by atoms with E-state index in [0.717, 1.165) is 10.9 Å². The summed E-state index contributed by atoms with van der Waals surface area (Å²) in [5.41, 5.74) is 1.18. The van der Waals surface area contributed by atoms with Crippen molar-refractivity contribution in [1.29, 1.82) is 0 Å². The molecule has 0 aliphatic carbocycles. The van der Waals surface area contributed by atoms with E-state index in [2.05, 4.69) is 5.32 Å². The number of pyridine rings is 1. The van der Waals surface area contributed by atoms with Crippen LogP contribution in [0.25, 0.3) is 10.9 Å². The number of aryl methyl sites for hydroxylation is 1. The summed E-state index contributed by atoms with van der Waals surface area (Å²) in [6, 6.07) is 9.02. The van der Waals surface area contributed by atoms with Crippen LogP contribution in [-0.4, -0.2) is 39.7 Å². The smallest absolute Gasteiger partial charge is 0.317 e. The number of fused-ring (bicyclic) bond motifs is 1. The SMILES string of the molecule is CC1CC(C(=O)O)CN(C(=O)NCc2cc3ccccc3n(C)c2=O)C1. The minimum absolute atomic E-state index is 0.110. The van der Waals surface area contributed by atoms with Crippen LogP contribution in [0.15, 0.2) is 35.1 Å². The van der Waals surface area contributed by atoms with Crippen molar-refractivity contribution < 1.29 is 14.7 Å². The van der Waals surface area contributed by atoms with Crippen molar-refractivity contribution >= 4 is 22.9 Å². The number of rotatable bonds is 3. The van der Waals surface area contributed by atoms with Crippen LogP contribution in [0, 0.1) is 11.8 Å². The van der Waals surface area contributed by atoms with Crippen molar-refractivity contribution in [3.8, 4) is 0 Å². The molecule has 1 aliphatic heterocycles. The summed E-state index contributed by atoms with van der Waals surface area (Å²) < 4.78 is 1.57. The molecule has 2 amide bonds. The molecule has 2 N–H and O–H groups in total. The van der Waals surface area contributed by atoms with Gasteiger partial charge in [0.25, 0.3) is 5.56 Å². The topological polar surface area (TPSA) is 91.6 Å². The summed E-state index contributed by atoms with van der Waals surface area (Å²) in [6.45, 7) is 2.76. The second-order valence-corrected chi connectivity index (χ2v) is 7.03. The lowest BCUT2D eigenvalue weighted by Gasteiger charge is -2.34. The van der Waals surface area contributed by atoms with Crippen LogP contribution >= 0.6 is 0 Å². The first kappa shape index (κ1) is 18.0. The van der Waals surface area contributed by atoms with Crippen molar-refractivity contribution in [2.45, 2.75) is 19.9 Å². The third-order valence-corrected chi connectivity index (χ3v) is 4.93. The number of likely N-dealkylation sites (tertiary alicyclic amines) is 1. The van der Waals surface area contributed by atoms with Gasteiger partial charge in [0.2, 0.25) is 0 Å². The van der Waals surface area contributed by atoms with E-state index in [4.69, 9.17) is 0 Å². The predicted octanol–water partition coefficient (Wildman–Crippen LogP) is 1.79. The van der Waals surface area contributed by atoms with E-state index in [0.29, 0.717) is 18.5 Å². The summed E-state index contributed by atoms with van der Waals surface area (Å²) in [5.74, 6) is -1.29. The van der Waals surface area contributed by atoms with Gasteiger partial charge in [0.1, 0.15) is 0 Å². The number of carbonyl (C=O) groups excluding carboxylic acids is 1. The Hall–Kier alpha value is -2.83. The molecule has 3 rings (SSSR count). The van der Waals surface area contributed by atoms with Crippen molar-refractivity contribution in [3.63, 3.8) is 0 Å². The summed E-state index contributed by atoms with van der Waals surface area (Å²) in [5, 5.41) is 12.9. The van der Waals surface area contributed by atoms with Crippen molar-refractivity contribution in [2.24, 2.45) is 18.9 Å². The lowest BCUT2D eigenvalue weighted by atomic mass is 9.91. The van der Waals surface area contributed by atoms with Gasteiger partial charge in [-0.2, -0.15) is 0 Å². The maximum absolute atomic E-state index is 12.5. The van der Waals surface area contributed by atoms with E-state index in [1.807, 2.05) is 31.2 Å². The maximum Gasteiger partial charge on any atom is 0.317 e. The molecule has 1 aromatic carbocycles. The largest absolute Gasteiger partial charge is 0.481 e. The van der Waals surface area contributed by atoms with Gasteiger partial charge >= 0.3 is 12.0 Å². The number of amides is 2. The molecule has 0 bridgehead atoms. The number of aliphatic carboxylic acids is 1. The predicted molar refractivity (Wildman–Crippen MR) is 97.9 cm³/mol. The van der Waals surface area contributed by atoms with Gasteiger partial charge in [0, 0.05) is 32.2 Å². The van der Waals surface area contributed by atoms with Crippen molar-refractivity contribution in [2.75, 3.05) is 13.1 Å². The Kier molecular flexibility index (Phi) is 4.97. The van der Waals surface area contributed by atoms with Gasteiger partial charge in [-0.05, 0) is 29.9 Å². The van der Waals surface area contributed by atoms with Crippen molar-refractivity contribution in [3.05, 3.63) is 46.2 Å². The Bertz CT molecular complexity index is 905. The molecule has 2 heterocycles. The highest BCUT2D eigenvalue weighted by molar-refractivity contribution is 5.80. The average Bonchev–Trinajstić information content (AvgIpc) is 2.62. The minimum atomic E-state index is -0.877. The lowest BCUT2D eigenvalue weighted by molar-refractivity contribution is -0.143. The number of carboxylic acid groups (broad SMARTS) is 1. The number of benzene rings is 1. The molecule has 7 heteroatoms. The molecule has 0 radical (unpaired) electrons. The highest BCUT2D eigenvalue weighted by atomic mass is 16.4. The molecule has 1 aliphatic rings. The van der Waals surface area contributed by atoms with Crippen LogP contribution < -0.4 is 10.9 Å². The number of para-hydroxylation sites is 1. The van der Waals surface area contributed by atoms with E-state index < -0.39 is 11.9 Å². The van der Waals surface area contributed by atoms with E-state index in [-0.39, 0.29) is 30.6 Å². The Morgan fingerprint density at radius 1 is 1.27 bits per heavy atom. The second-order valence-electron chi connectivity index (χ2n) is 7.03. The Morgan fingerprint density at radius 2 is 2.00 bits per heavy atom. The molecular weight excluding hydrogens is 334 g/mol. The zero-order valence-electron chi connectivity index (χ0n) is 14.9. The van der Waals surface area contributed by atoms with E-state index in [1.165, 1.54) is 4.90 Å². The Labute approximate surface area is 151 Å². The standard InChI is InChI=1S/C19H23N3O4/c1-12-7-15(18(24)25)11-22(10-12)19(26)20-9-14-8-13-5-3-4-6-16(13)21(2)17(14)23/h3-6,8,12,15H,7,9-11H2,1-2H3,(H,20,26)(H,24,25). The quantitative estimate of drug-likeness (QED) is 0.876. The van der Waals surface area contributed by atoms with E-state index in [9.17, 15) is 19.5 Å². The number of carboxylic acids is 1. The molecule has 1 aromatic heterocycles. The van der Waals surface area contributed by atoms with Gasteiger partial charge in [-0.25, -0.2) is 4.79 Å². The molecule has 2 atom stereocenters. The fourth-order valence-electron chi connectivity index (χ4n) is 3.59.